The molecule has 110 valence electrons. The van der Waals surface area contributed by atoms with Gasteiger partial charge in [-0.05, 0) is 49.9 Å². The third-order valence-corrected chi connectivity index (χ3v) is 4.32. The molecule has 0 aliphatic carbocycles. The molecule has 0 spiro atoms. The summed E-state index contributed by atoms with van der Waals surface area (Å²) in [5, 5.41) is 0.807. The highest BCUT2D eigenvalue weighted by molar-refractivity contribution is 6.30. The largest absolute Gasteiger partial charge is 0.297 e. The lowest BCUT2D eigenvalue weighted by atomic mass is 9.90. The van der Waals surface area contributed by atoms with Crippen LogP contribution in [-0.2, 0) is 6.54 Å². The summed E-state index contributed by atoms with van der Waals surface area (Å²) in [5.74, 6) is 0.592. The van der Waals surface area contributed by atoms with Crippen LogP contribution < -0.4 is 0 Å². The average Bonchev–Trinajstić information content (AvgIpc) is 2.51. The molecule has 2 aromatic rings. The van der Waals surface area contributed by atoms with Gasteiger partial charge in [-0.15, -0.1) is 0 Å². The molecule has 1 fully saturated rings. The fraction of sp³-hybridized carbons (Fsp3) is 0.412. The van der Waals surface area contributed by atoms with E-state index < -0.39 is 0 Å². The van der Waals surface area contributed by atoms with Crippen molar-refractivity contribution >= 4 is 11.6 Å². The van der Waals surface area contributed by atoms with Crippen LogP contribution in [0.5, 0.6) is 0 Å². The molecule has 1 saturated heterocycles. The van der Waals surface area contributed by atoms with Crippen molar-refractivity contribution in [2.24, 2.45) is 0 Å². The second kappa shape index (κ2) is 6.54. The average molecular weight is 302 g/mol. The van der Waals surface area contributed by atoms with Gasteiger partial charge in [-0.2, -0.15) is 0 Å². The Labute approximate surface area is 131 Å². The van der Waals surface area contributed by atoms with E-state index in [4.69, 9.17) is 11.6 Å². The van der Waals surface area contributed by atoms with Crippen molar-refractivity contribution in [2.75, 3.05) is 13.1 Å². The number of piperidine rings is 1. The highest BCUT2D eigenvalue weighted by atomic mass is 35.5. The molecule has 2 heterocycles. The summed E-state index contributed by atoms with van der Waals surface area (Å²) in [4.78, 5) is 11.3. The number of likely N-dealkylation sites (tertiary alicyclic amines) is 1. The van der Waals surface area contributed by atoms with Gasteiger partial charge >= 0.3 is 0 Å². The van der Waals surface area contributed by atoms with Gasteiger partial charge in [0.05, 0.1) is 11.4 Å². The van der Waals surface area contributed by atoms with Gasteiger partial charge < -0.3 is 0 Å². The molecule has 0 bridgehead atoms. The van der Waals surface area contributed by atoms with E-state index in [-0.39, 0.29) is 0 Å². The Kier molecular flexibility index (Phi) is 4.51. The summed E-state index contributed by atoms with van der Waals surface area (Å²) in [6.45, 7) is 5.07. The fourth-order valence-electron chi connectivity index (χ4n) is 2.94. The molecule has 4 heteroatoms. The van der Waals surface area contributed by atoms with E-state index in [9.17, 15) is 0 Å². The smallest absolute Gasteiger partial charge is 0.0727 e. The molecule has 1 aromatic heterocycles. The zero-order chi connectivity index (χ0) is 14.7. The van der Waals surface area contributed by atoms with Crippen molar-refractivity contribution in [3.05, 3.63) is 58.6 Å². The highest BCUT2D eigenvalue weighted by Gasteiger charge is 2.21. The molecule has 1 aliphatic rings. The zero-order valence-corrected chi connectivity index (χ0v) is 13.1. The van der Waals surface area contributed by atoms with Crippen LogP contribution in [0.1, 0.15) is 35.7 Å². The molecule has 0 N–H and O–H groups in total. The number of halogens is 1. The Morgan fingerprint density at radius 1 is 1.19 bits per heavy atom. The number of aryl methyl sites for hydroxylation is 1. The van der Waals surface area contributed by atoms with E-state index in [1.165, 1.54) is 18.4 Å². The van der Waals surface area contributed by atoms with E-state index in [0.717, 1.165) is 36.0 Å². The maximum absolute atomic E-state index is 5.97. The molecule has 1 atom stereocenters. The Morgan fingerprint density at radius 3 is 2.71 bits per heavy atom. The third kappa shape index (κ3) is 3.80. The lowest BCUT2D eigenvalue weighted by Gasteiger charge is -2.32. The number of rotatable bonds is 3. The van der Waals surface area contributed by atoms with Crippen molar-refractivity contribution in [1.82, 2.24) is 14.9 Å². The van der Waals surface area contributed by atoms with E-state index >= 15 is 0 Å². The third-order valence-electron chi connectivity index (χ3n) is 4.07. The summed E-state index contributed by atoms with van der Waals surface area (Å²) in [7, 11) is 0. The summed E-state index contributed by atoms with van der Waals surface area (Å²) in [6.07, 6.45) is 6.21. The van der Waals surface area contributed by atoms with Crippen molar-refractivity contribution in [1.29, 1.82) is 0 Å². The summed E-state index contributed by atoms with van der Waals surface area (Å²) >= 11 is 5.97. The number of hydrogen-bond donors (Lipinski definition) is 0. The molecule has 21 heavy (non-hydrogen) atoms. The van der Waals surface area contributed by atoms with E-state index in [0.29, 0.717) is 5.92 Å². The summed E-state index contributed by atoms with van der Waals surface area (Å²) < 4.78 is 0. The lowest BCUT2D eigenvalue weighted by Crippen LogP contribution is -2.34. The lowest BCUT2D eigenvalue weighted by molar-refractivity contribution is 0.198. The molecule has 1 aromatic carbocycles. The SMILES string of the molecule is Cc1cnc(CN2CCC[C@H](c3ccc(Cl)cc3)C2)cn1. The van der Waals surface area contributed by atoms with Gasteiger partial charge in [0.1, 0.15) is 0 Å². The van der Waals surface area contributed by atoms with Gasteiger partial charge in [0.2, 0.25) is 0 Å². The quantitative estimate of drug-likeness (QED) is 0.863. The van der Waals surface area contributed by atoms with Gasteiger partial charge in [-0.25, -0.2) is 0 Å². The van der Waals surface area contributed by atoms with Crippen LogP contribution in [0.4, 0.5) is 0 Å². The maximum atomic E-state index is 5.97. The topological polar surface area (TPSA) is 29.0 Å². The Morgan fingerprint density at radius 2 is 2.00 bits per heavy atom. The number of aromatic nitrogens is 2. The second-order valence-electron chi connectivity index (χ2n) is 5.77. The van der Waals surface area contributed by atoms with Crippen LogP contribution in [-0.4, -0.2) is 28.0 Å². The van der Waals surface area contributed by atoms with Crippen LogP contribution in [0.3, 0.4) is 0 Å². The molecular formula is C17H20ClN3. The first-order valence-corrected chi connectivity index (χ1v) is 7.84. The van der Waals surface area contributed by atoms with Gasteiger partial charge in [0, 0.05) is 30.5 Å². The molecule has 1 aliphatic heterocycles. The predicted octanol–water partition coefficient (Wildman–Crippen LogP) is 3.82. The van der Waals surface area contributed by atoms with Crippen LogP contribution in [0.15, 0.2) is 36.7 Å². The van der Waals surface area contributed by atoms with Crippen molar-refractivity contribution < 1.29 is 0 Å². The Balaban J connectivity index is 1.65. The van der Waals surface area contributed by atoms with Gasteiger partial charge in [-0.3, -0.25) is 14.9 Å². The molecular weight excluding hydrogens is 282 g/mol. The molecule has 3 nitrogen and oxygen atoms in total. The van der Waals surface area contributed by atoms with Crippen molar-refractivity contribution in [2.45, 2.75) is 32.2 Å². The Bertz CT molecular complexity index is 580. The van der Waals surface area contributed by atoms with E-state index in [2.05, 4.69) is 27.0 Å². The first-order valence-electron chi connectivity index (χ1n) is 7.46. The minimum atomic E-state index is 0.592. The van der Waals surface area contributed by atoms with Crippen molar-refractivity contribution in [3.8, 4) is 0 Å². The number of hydrogen-bond acceptors (Lipinski definition) is 3. The predicted molar refractivity (Wildman–Crippen MR) is 85.5 cm³/mol. The minimum Gasteiger partial charge on any atom is -0.297 e. The molecule has 0 amide bonds. The standard InChI is InChI=1S/C17H20ClN3/c1-13-9-20-17(10-19-13)12-21-8-2-3-15(11-21)14-4-6-16(18)7-5-14/h4-7,9-10,15H,2-3,8,11-12H2,1H3/t15-/m0/s1. The second-order valence-corrected chi connectivity index (χ2v) is 6.21. The minimum absolute atomic E-state index is 0.592. The van der Waals surface area contributed by atoms with Crippen LogP contribution >= 0.6 is 11.6 Å². The molecule has 0 unspecified atom stereocenters. The molecule has 3 rings (SSSR count). The number of nitrogens with zero attached hydrogens (tertiary/aromatic N) is 3. The van der Waals surface area contributed by atoms with Crippen LogP contribution in [0.25, 0.3) is 0 Å². The van der Waals surface area contributed by atoms with Crippen LogP contribution in [0.2, 0.25) is 5.02 Å². The summed E-state index contributed by atoms with van der Waals surface area (Å²) in [6, 6.07) is 8.28. The van der Waals surface area contributed by atoms with Crippen LogP contribution in [0, 0.1) is 6.92 Å². The highest BCUT2D eigenvalue weighted by Crippen LogP contribution is 2.28. The normalized spacial score (nSPS) is 19.6. The van der Waals surface area contributed by atoms with Gasteiger partial charge in [0.25, 0.3) is 0 Å². The fourth-order valence-corrected chi connectivity index (χ4v) is 3.06. The summed E-state index contributed by atoms with van der Waals surface area (Å²) in [5.41, 5.74) is 3.41. The maximum Gasteiger partial charge on any atom is 0.0727 e. The Hall–Kier alpha value is -1.45. The van der Waals surface area contributed by atoms with E-state index in [1.54, 1.807) is 0 Å². The number of benzene rings is 1. The monoisotopic (exact) mass is 301 g/mol. The first kappa shape index (κ1) is 14.5. The molecule has 0 radical (unpaired) electrons. The zero-order valence-electron chi connectivity index (χ0n) is 12.3. The van der Waals surface area contributed by atoms with Gasteiger partial charge in [-0.1, -0.05) is 23.7 Å². The molecule has 0 saturated carbocycles. The van der Waals surface area contributed by atoms with Crippen molar-refractivity contribution in [3.63, 3.8) is 0 Å². The van der Waals surface area contributed by atoms with E-state index in [1.807, 2.05) is 31.5 Å². The first-order chi connectivity index (χ1) is 10.2. The van der Waals surface area contributed by atoms with Gasteiger partial charge in [0.15, 0.2) is 0 Å².